The molecule has 0 aromatic heterocycles. The minimum Gasteiger partial charge on any atom is -0.353 e. The number of nitrogens with zero attached hydrogens (tertiary/aromatic N) is 1. The maximum absolute atomic E-state index is 12.9. The first-order chi connectivity index (χ1) is 12.0. The summed E-state index contributed by atoms with van der Waals surface area (Å²) in [5, 5.41) is 3.01. The highest BCUT2D eigenvalue weighted by atomic mass is 16.2. The van der Waals surface area contributed by atoms with Crippen LogP contribution in [0.1, 0.15) is 51.5 Å². The molecule has 4 heteroatoms. The molecular formula is C21H30N2O2. The number of rotatable bonds is 6. The fourth-order valence-electron chi connectivity index (χ4n) is 3.72. The van der Waals surface area contributed by atoms with Crippen LogP contribution in [0.25, 0.3) is 0 Å². The highest BCUT2D eigenvalue weighted by Crippen LogP contribution is 2.48. The second-order valence-electron chi connectivity index (χ2n) is 7.79. The van der Waals surface area contributed by atoms with Crippen molar-refractivity contribution < 1.29 is 9.59 Å². The lowest BCUT2D eigenvalue weighted by Gasteiger charge is -2.34. The minimum atomic E-state index is -0.754. The molecular weight excluding hydrogens is 312 g/mol. The molecule has 2 aliphatic rings. The van der Waals surface area contributed by atoms with E-state index in [-0.39, 0.29) is 17.9 Å². The summed E-state index contributed by atoms with van der Waals surface area (Å²) >= 11 is 0. The predicted octanol–water partition coefficient (Wildman–Crippen LogP) is 3.16. The number of piperidine rings is 1. The molecule has 0 spiro atoms. The van der Waals surface area contributed by atoms with Gasteiger partial charge in [-0.15, -0.1) is 0 Å². The third kappa shape index (κ3) is 4.05. The van der Waals surface area contributed by atoms with Crippen molar-refractivity contribution in [3.63, 3.8) is 0 Å². The van der Waals surface area contributed by atoms with Crippen LogP contribution in [0.3, 0.4) is 0 Å². The SMILES string of the molecule is CCC(C)NC(=O)C1(C(=O)N2CCC(Cc3ccccc3)CC2)CC1. The first-order valence-corrected chi connectivity index (χ1v) is 9.69. The third-order valence-electron chi connectivity index (χ3n) is 5.85. The van der Waals surface area contributed by atoms with Gasteiger partial charge in [0.25, 0.3) is 0 Å². The average Bonchev–Trinajstić information content (AvgIpc) is 3.44. The molecule has 2 amide bonds. The van der Waals surface area contributed by atoms with Gasteiger partial charge in [-0.25, -0.2) is 0 Å². The van der Waals surface area contributed by atoms with Gasteiger partial charge >= 0.3 is 0 Å². The molecule has 1 heterocycles. The van der Waals surface area contributed by atoms with Crippen molar-refractivity contribution in [2.75, 3.05) is 13.1 Å². The Morgan fingerprint density at radius 2 is 1.84 bits per heavy atom. The topological polar surface area (TPSA) is 49.4 Å². The molecule has 1 atom stereocenters. The van der Waals surface area contributed by atoms with Crippen molar-refractivity contribution >= 4 is 11.8 Å². The average molecular weight is 342 g/mol. The number of amides is 2. The number of hydrogen-bond donors (Lipinski definition) is 1. The molecule has 2 fully saturated rings. The van der Waals surface area contributed by atoms with E-state index in [1.165, 1.54) is 5.56 Å². The van der Waals surface area contributed by atoms with E-state index in [4.69, 9.17) is 0 Å². The largest absolute Gasteiger partial charge is 0.353 e. The zero-order chi connectivity index (χ0) is 17.9. The Balaban J connectivity index is 1.52. The molecule has 25 heavy (non-hydrogen) atoms. The van der Waals surface area contributed by atoms with E-state index < -0.39 is 5.41 Å². The fraction of sp³-hybridized carbons (Fsp3) is 0.619. The number of benzene rings is 1. The maximum Gasteiger partial charge on any atom is 0.238 e. The molecule has 3 rings (SSSR count). The monoisotopic (exact) mass is 342 g/mol. The molecule has 1 aliphatic heterocycles. The van der Waals surface area contributed by atoms with Gasteiger partial charge in [-0.3, -0.25) is 9.59 Å². The van der Waals surface area contributed by atoms with Gasteiger partial charge in [-0.1, -0.05) is 37.3 Å². The maximum atomic E-state index is 12.9. The van der Waals surface area contributed by atoms with Crippen molar-refractivity contribution in [3.05, 3.63) is 35.9 Å². The van der Waals surface area contributed by atoms with Crippen LogP contribution >= 0.6 is 0 Å². The Labute approximate surface area is 151 Å². The highest BCUT2D eigenvalue weighted by molar-refractivity contribution is 6.08. The van der Waals surface area contributed by atoms with Crippen LogP contribution in [0.2, 0.25) is 0 Å². The van der Waals surface area contributed by atoms with E-state index in [9.17, 15) is 9.59 Å². The zero-order valence-electron chi connectivity index (χ0n) is 15.5. The van der Waals surface area contributed by atoms with Gasteiger partial charge in [0.05, 0.1) is 0 Å². The third-order valence-corrected chi connectivity index (χ3v) is 5.85. The molecule has 1 aliphatic carbocycles. The van der Waals surface area contributed by atoms with Crippen LogP contribution < -0.4 is 5.32 Å². The molecule has 1 saturated heterocycles. The standard InChI is InChI=1S/C21H30N2O2/c1-3-16(2)22-19(24)21(11-12-21)20(25)23-13-9-18(10-14-23)15-17-7-5-4-6-8-17/h4-8,16,18H,3,9-15H2,1-2H3,(H,22,24). The van der Waals surface area contributed by atoms with Crippen LogP contribution in [-0.4, -0.2) is 35.8 Å². The Morgan fingerprint density at radius 3 is 2.40 bits per heavy atom. The van der Waals surface area contributed by atoms with Gasteiger partial charge < -0.3 is 10.2 Å². The lowest BCUT2D eigenvalue weighted by atomic mass is 9.89. The number of nitrogens with one attached hydrogen (secondary N) is 1. The summed E-state index contributed by atoms with van der Waals surface area (Å²) in [6.45, 7) is 5.61. The van der Waals surface area contributed by atoms with Crippen molar-refractivity contribution in [2.24, 2.45) is 11.3 Å². The van der Waals surface area contributed by atoms with Gasteiger partial charge in [0.2, 0.25) is 11.8 Å². The summed E-state index contributed by atoms with van der Waals surface area (Å²) in [7, 11) is 0. The van der Waals surface area contributed by atoms with E-state index in [0.29, 0.717) is 18.8 Å². The number of carbonyl (C=O) groups is 2. The highest BCUT2D eigenvalue weighted by Gasteiger charge is 2.58. The fourth-order valence-corrected chi connectivity index (χ4v) is 3.72. The van der Waals surface area contributed by atoms with E-state index >= 15 is 0 Å². The molecule has 4 nitrogen and oxygen atoms in total. The normalized spacial score (nSPS) is 20.8. The van der Waals surface area contributed by atoms with Gasteiger partial charge in [-0.05, 0) is 56.9 Å². The first kappa shape index (κ1) is 18.0. The summed E-state index contributed by atoms with van der Waals surface area (Å²) in [6.07, 6.45) is 5.45. The van der Waals surface area contributed by atoms with Gasteiger partial charge in [-0.2, -0.15) is 0 Å². The summed E-state index contributed by atoms with van der Waals surface area (Å²) in [5.41, 5.74) is 0.620. The van der Waals surface area contributed by atoms with Gasteiger partial charge in [0, 0.05) is 19.1 Å². The Kier molecular flexibility index (Phi) is 5.45. The molecule has 1 aromatic rings. The smallest absolute Gasteiger partial charge is 0.238 e. The quantitative estimate of drug-likeness (QED) is 0.807. The Hall–Kier alpha value is -1.84. The van der Waals surface area contributed by atoms with E-state index in [0.717, 1.165) is 38.8 Å². The molecule has 0 radical (unpaired) electrons. The van der Waals surface area contributed by atoms with E-state index in [1.807, 2.05) is 24.8 Å². The molecule has 1 unspecified atom stereocenters. The summed E-state index contributed by atoms with van der Waals surface area (Å²) in [4.78, 5) is 27.4. The number of likely N-dealkylation sites (tertiary alicyclic amines) is 1. The van der Waals surface area contributed by atoms with E-state index in [2.05, 4.69) is 29.6 Å². The Bertz CT molecular complexity index is 602. The molecule has 0 bridgehead atoms. The van der Waals surface area contributed by atoms with Crippen molar-refractivity contribution in [2.45, 2.75) is 58.4 Å². The lowest BCUT2D eigenvalue weighted by Crippen LogP contribution is -2.49. The second kappa shape index (κ2) is 7.59. The molecule has 1 aromatic carbocycles. The Morgan fingerprint density at radius 1 is 1.20 bits per heavy atom. The first-order valence-electron chi connectivity index (χ1n) is 9.69. The molecule has 136 valence electrons. The molecule has 1 saturated carbocycles. The van der Waals surface area contributed by atoms with Crippen molar-refractivity contribution in [3.8, 4) is 0 Å². The van der Waals surface area contributed by atoms with Crippen LogP contribution in [-0.2, 0) is 16.0 Å². The van der Waals surface area contributed by atoms with Crippen LogP contribution in [0.4, 0.5) is 0 Å². The zero-order valence-corrected chi connectivity index (χ0v) is 15.5. The van der Waals surface area contributed by atoms with Crippen LogP contribution in [0, 0.1) is 11.3 Å². The summed E-state index contributed by atoms with van der Waals surface area (Å²) in [6, 6.07) is 10.7. The minimum absolute atomic E-state index is 0.0572. The van der Waals surface area contributed by atoms with Crippen molar-refractivity contribution in [1.29, 1.82) is 0 Å². The van der Waals surface area contributed by atoms with Gasteiger partial charge in [0.15, 0.2) is 0 Å². The number of carbonyl (C=O) groups excluding carboxylic acids is 2. The molecule has 1 N–H and O–H groups in total. The predicted molar refractivity (Wildman–Crippen MR) is 99.0 cm³/mol. The number of hydrogen-bond acceptors (Lipinski definition) is 2. The van der Waals surface area contributed by atoms with Crippen LogP contribution in [0.15, 0.2) is 30.3 Å². The van der Waals surface area contributed by atoms with Crippen LogP contribution in [0.5, 0.6) is 0 Å². The van der Waals surface area contributed by atoms with Gasteiger partial charge in [0.1, 0.15) is 5.41 Å². The summed E-state index contributed by atoms with van der Waals surface area (Å²) in [5.74, 6) is 0.639. The van der Waals surface area contributed by atoms with Crippen molar-refractivity contribution in [1.82, 2.24) is 10.2 Å². The lowest BCUT2D eigenvalue weighted by molar-refractivity contribution is -0.145. The second-order valence-corrected chi connectivity index (χ2v) is 7.79. The van der Waals surface area contributed by atoms with E-state index in [1.54, 1.807) is 0 Å². The summed E-state index contributed by atoms with van der Waals surface area (Å²) < 4.78 is 0.